The molecule has 12 heavy (non-hydrogen) atoms. The van der Waals surface area contributed by atoms with Crippen molar-refractivity contribution in [3.05, 3.63) is 0 Å². The van der Waals surface area contributed by atoms with Gasteiger partial charge >= 0.3 is 0 Å². The van der Waals surface area contributed by atoms with Crippen molar-refractivity contribution in [2.45, 2.75) is 32.4 Å². The molecule has 0 aliphatic rings. The quantitative estimate of drug-likeness (QED) is 0.632. The fraction of sp³-hybridized carbons (Fsp3) is 1.00. The van der Waals surface area contributed by atoms with Crippen molar-refractivity contribution in [3.8, 4) is 0 Å². The number of rotatable bonds is 6. The molecule has 1 unspecified atom stereocenters. The van der Waals surface area contributed by atoms with Crippen LogP contribution in [0, 0.1) is 0 Å². The zero-order valence-electron chi connectivity index (χ0n) is 9.22. The Kier molecular flexibility index (Phi) is 6.71. The van der Waals surface area contributed by atoms with E-state index in [1.807, 2.05) is 0 Å². The van der Waals surface area contributed by atoms with Gasteiger partial charge in [-0.1, -0.05) is 20.8 Å². The van der Waals surface area contributed by atoms with E-state index < -0.39 is 8.96 Å². The van der Waals surface area contributed by atoms with Gasteiger partial charge in [0.1, 0.15) is 8.96 Å². The van der Waals surface area contributed by atoms with Crippen molar-refractivity contribution in [1.82, 2.24) is 9.88 Å². The maximum Gasteiger partial charge on any atom is 0.112 e. The zero-order chi connectivity index (χ0) is 9.56. The molecule has 0 heterocycles. The summed E-state index contributed by atoms with van der Waals surface area (Å²) in [5.41, 5.74) is 0.880. The molecular formula is C9H24N2Si. The third kappa shape index (κ3) is 5.74. The van der Waals surface area contributed by atoms with Crippen LogP contribution in [-0.2, 0) is 0 Å². The van der Waals surface area contributed by atoms with Crippen LogP contribution in [0.5, 0.6) is 0 Å². The number of nitrogens with one attached hydrogen (secondary N) is 1. The van der Waals surface area contributed by atoms with E-state index in [2.05, 4.69) is 44.7 Å². The van der Waals surface area contributed by atoms with E-state index in [1.54, 1.807) is 0 Å². The summed E-state index contributed by atoms with van der Waals surface area (Å²) in [6, 6.07) is 1.39. The van der Waals surface area contributed by atoms with Gasteiger partial charge in [0.2, 0.25) is 0 Å². The number of hydrogen-bond donors (Lipinski definition) is 1. The topological polar surface area (TPSA) is 15.3 Å². The minimum atomic E-state index is -0.655. The van der Waals surface area contributed by atoms with Crippen LogP contribution in [0.4, 0.5) is 0 Å². The average Bonchev–Trinajstić information content (AvgIpc) is 1.96. The molecule has 1 atom stereocenters. The second kappa shape index (κ2) is 6.63. The smallest absolute Gasteiger partial charge is 0.112 e. The van der Waals surface area contributed by atoms with Gasteiger partial charge in [0.05, 0.1) is 0 Å². The summed E-state index contributed by atoms with van der Waals surface area (Å²) in [4.78, 5) is 5.93. The molecule has 0 spiro atoms. The average molecular weight is 188 g/mol. The highest BCUT2D eigenvalue weighted by molar-refractivity contribution is 6.57. The molecular weight excluding hydrogens is 164 g/mol. The van der Waals surface area contributed by atoms with E-state index in [9.17, 15) is 0 Å². The minimum absolute atomic E-state index is 0.655. The van der Waals surface area contributed by atoms with Crippen molar-refractivity contribution >= 4 is 8.96 Å². The van der Waals surface area contributed by atoms with E-state index in [0.29, 0.717) is 0 Å². The minimum Gasteiger partial charge on any atom is -0.340 e. The number of hydrogen-bond acceptors (Lipinski definition) is 2. The standard InChI is InChI=1S/C9H24N2Si/c1-6-10-12(9(2)3)8-7-11(4)5/h9-10,12H,6-8H2,1-5H3. The summed E-state index contributed by atoms with van der Waals surface area (Å²) in [6.45, 7) is 9.27. The first-order valence-corrected chi connectivity index (χ1v) is 7.02. The molecule has 0 fully saturated rings. The molecule has 0 aliphatic carbocycles. The predicted molar refractivity (Wildman–Crippen MR) is 59.3 cm³/mol. The van der Waals surface area contributed by atoms with Gasteiger partial charge in [0, 0.05) is 0 Å². The van der Waals surface area contributed by atoms with Gasteiger partial charge in [-0.2, -0.15) is 0 Å². The van der Waals surface area contributed by atoms with Crippen LogP contribution in [0.2, 0.25) is 11.6 Å². The SMILES string of the molecule is CCN[SiH](CCN(C)C)C(C)C. The summed E-state index contributed by atoms with van der Waals surface area (Å²) >= 11 is 0. The molecule has 74 valence electrons. The van der Waals surface area contributed by atoms with Crippen molar-refractivity contribution in [1.29, 1.82) is 0 Å². The Balaban J connectivity index is 3.63. The summed E-state index contributed by atoms with van der Waals surface area (Å²) in [5, 5.41) is 0. The molecule has 0 saturated carbocycles. The molecule has 0 aromatic rings. The first-order chi connectivity index (χ1) is 5.57. The normalized spacial score (nSPS) is 14.2. The molecule has 0 aromatic heterocycles. The van der Waals surface area contributed by atoms with Gasteiger partial charge in [-0.25, -0.2) is 0 Å². The van der Waals surface area contributed by atoms with Crippen LogP contribution in [0.3, 0.4) is 0 Å². The van der Waals surface area contributed by atoms with Gasteiger partial charge in [-0.05, 0) is 38.8 Å². The number of nitrogens with zero attached hydrogens (tertiary/aromatic N) is 1. The van der Waals surface area contributed by atoms with Crippen molar-refractivity contribution in [3.63, 3.8) is 0 Å². The van der Waals surface area contributed by atoms with Gasteiger partial charge in [0.25, 0.3) is 0 Å². The second-order valence-corrected chi connectivity index (χ2v) is 7.53. The van der Waals surface area contributed by atoms with Gasteiger partial charge < -0.3 is 9.88 Å². The monoisotopic (exact) mass is 188 g/mol. The second-order valence-electron chi connectivity index (χ2n) is 4.00. The lowest BCUT2D eigenvalue weighted by atomic mass is 10.6. The summed E-state index contributed by atoms with van der Waals surface area (Å²) in [6.07, 6.45) is 0. The van der Waals surface area contributed by atoms with E-state index in [1.165, 1.54) is 12.6 Å². The Hall–Kier alpha value is 0.137. The molecule has 1 N–H and O–H groups in total. The van der Waals surface area contributed by atoms with Gasteiger partial charge in [0.15, 0.2) is 0 Å². The molecule has 2 nitrogen and oxygen atoms in total. The van der Waals surface area contributed by atoms with E-state index in [4.69, 9.17) is 0 Å². The van der Waals surface area contributed by atoms with Crippen molar-refractivity contribution < 1.29 is 0 Å². The van der Waals surface area contributed by atoms with Crippen LogP contribution in [0.25, 0.3) is 0 Å². The molecule has 0 aliphatic heterocycles. The van der Waals surface area contributed by atoms with Crippen molar-refractivity contribution in [2.24, 2.45) is 0 Å². The highest BCUT2D eigenvalue weighted by Crippen LogP contribution is 2.08. The first kappa shape index (κ1) is 12.1. The lowest BCUT2D eigenvalue weighted by Crippen LogP contribution is -2.38. The third-order valence-electron chi connectivity index (χ3n) is 2.16. The van der Waals surface area contributed by atoms with Crippen LogP contribution in [0.15, 0.2) is 0 Å². The molecule has 0 amide bonds. The third-order valence-corrected chi connectivity index (χ3v) is 5.58. The summed E-state index contributed by atoms with van der Waals surface area (Å²) < 4.78 is 0. The van der Waals surface area contributed by atoms with Crippen LogP contribution in [-0.4, -0.2) is 41.0 Å². The molecule has 0 aromatic carbocycles. The molecule has 0 radical (unpaired) electrons. The maximum atomic E-state index is 3.65. The predicted octanol–water partition coefficient (Wildman–Crippen LogP) is 1.29. The van der Waals surface area contributed by atoms with Crippen molar-refractivity contribution in [2.75, 3.05) is 27.2 Å². The van der Waals surface area contributed by atoms with Gasteiger partial charge in [-0.15, -0.1) is 0 Å². The Bertz CT molecular complexity index is 105. The Morgan fingerprint density at radius 1 is 1.33 bits per heavy atom. The lowest BCUT2D eigenvalue weighted by molar-refractivity contribution is 0.430. The summed E-state index contributed by atoms with van der Waals surface area (Å²) in [7, 11) is 3.65. The van der Waals surface area contributed by atoms with Crippen LogP contribution >= 0.6 is 0 Å². The fourth-order valence-corrected chi connectivity index (χ4v) is 3.99. The Morgan fingerprint density at radius 2 is 1.92 bits per heavy atom. The highest BCUT2D eigenvalue weighted by Gasteiger charge is 2.13. The van der Waals surface area contributed by atoms with E-state index in [0.717, 1.165) is 12.1 Å². The lowest BCUT2D eigenvalue weighted by Gasteiger charge is -2.21. The molecule has 3 heteroatoms. The maximum absolute atomic E-state index is 3.65. The highest BCUT2D eigenvalue weighted by atomic mass is 28.3. The zero-order valence-corrected chi connectivity index (χ0v) is 10.4. The molecule has 0 saturated heterocycles. The summed E-state index contributed by atoms with van der Waals surface area (Å²) in [5.74, 6) is 0. The van der Waals surface area contributed by atoms with E-state index >= 15 is 0 Å². The van der Waals surface area contributed by atoms with Crippen LogP contribution in [0.1, 0.15) is 20.8 Å². The van der Waals surface area contributed by atoms with E-state index in [-0.39, 0.29) is 0 Å². The largest absolute Gasteiger partial charge is 0.340 e. The van der Waals surface area contributed by atoms with Crippen LogP contribution < -0.4 is 4.98 Å². The first-order valence-electron chi connectivity index (χ1n) is 4.96. The Labute approximate surface area is 79.0 Å². The van der Waals surface area contributed by atoms with Gasteiger partial charge in [-0.3, -0.25) is 0 Å². The Morgan fingerprint density at radius 3 is 2.25 bits per heavy atom. The molecule has 0 bridgehead atoms. The fourth-order valence-electron chi connectivity index (χ4n) is 1.33. The molecule has 0 rings (SSSR count).